The number of hydrogen-bond acceptors (Lipinski definition) is 3. The number of benzene rings is 1. The molecule has 1 amide bonds. The molecule has 1 unspecified atom stereocenters. The molecule has 0 radical (unpaired) electrons. The highest BCUT2D eigenvalue weighted by Gasteiger charge is 2.25. The maximum atomic E-state index is 12.2. The average molecular weight is 268 g/mol. The van der Waals surface area contributed by atoms with Gasteiger partial charge in [-0.1, -0.05) is 0 Å². The van der Waals surface area contributed by atoms with Crippen molar-refractivity contribution in [3.05, 3.63) is 29.8 Å². The van der Waals surface area contributed by atoms with Crippen LogP contribution in [-0.4, -0.2) is 31.8 Å². The van der Waals surface area contributed by atoms with Gasteiger partial charge in [0.05, 0.1) is 4.90 Å². The van der Waals surface area contributed by atoms with Gasteiger partial charge >= 0.3 is 0 Å². The first-order valence-electron chi connectivity index (χ1n) is 5.83. The summed E-state index contributed by atoms with van der Waals surface area (Å²) in [5.74, 6) is -0.0547. The van der Waals surface area contributed by atoms with E-state index in [1.165, 1.54) is 24.3 Å². The monoisotopic (exact) mass is 268 g/mol. The number of nitrogens with zero attached hydrogens (tertiary/aromatic N) is 1. The van der Waals surface area contributed by atoms with E-state index in [1.807, 2.05) is 11.8 Å². The van der Waals surface area contributed by atoms with Gasteiger partial charge in [-0.25, -0.2) is 13.6 Å². The van der Waals surface area contributed by atoms with Crippen LogP contribution in [0.2, 0.25) is 0 Å². The Hall–Kier alpha value is -1.40. The van der Waals surface area contributed by atoms with Crippen molar-refractivity contribution in [2.75, 3.05) is 6.54 Å². The van der Waals surface area contributed by atoms with E-state index in [0.29, 0.717) is 5.56 Å². The van der Waals surface area contributed by atoms with Crippen molar-refractivity contribution in [1.29, 1.82) is 0 Å². The summed E-state index contributed by atoms with van der Waals surface area (Å²) in [5, 5.41) is 5.00. The Labute approximate surface area is 107 Å². The molecule has 6 heteroatoms. The van der Waals surface area contributed by atoms with Crippen LogP contribution in [0.5, 0.6) is 0 Å². The number of hydrogen-bond donors (Lipinski definition) is 1. The number of carbonyl (C=O) groups excluding carboxylic acids is 1. The van der Waals surface area contributed by atoms with Crippen LogP contribution in [-0.2, 0) is 10.0 Å². The lowest BCUT2D eigenvalue weighted by atomic mass is 10.2. The van der Waals surface area contributed by atoms with Gasteiger partial charge in [0.25, 0.3) is 5.91 Å². The second-order valence-corrected chi connectivity index (χ2v) is 6.12. The predicted molar refractivity (Wildman–Crippen MR) is 67.5 cm³/mol. The summed E-state index contributed by atoms with van der Waals surface area (Å²) in [6, 6.07) is 5.99. The Balaban J connectivity index is 2.22. The lowest BCUT2D eigenvalue weighted by Crippen LogP contribution is -2.33. The predicted octanol–water partition coefficient (Wildman–Crippen LogP) is 0.959. The quantitative estimate of drug-likeness (QED) is 0.867. The third kappa shape index (κ3) is 2.54. The van der Waals surface area contributed by atoms with Crippen molar-refractivity contribution in [2.45, 2.75) is 30.7 Å². The van der Waals surface area contributed by atoms with E-state index in [0.717, 1.165) is 19.4 Å². The molecule has 2 N–H and O–H groups in total. The van der Waals surface area contributed by atoms with Crippen molar-refractivity contribution in [3.8, 4) is 0 Å². The van der Waals surface area contributed by atoms with Crippen LogP contribution in [0.4, 0.5) is 0 Å². The fourth-order valence-electron chi connectivity index (χ4n) is 2.19. The van der Waals surface area contributed by atoms with Crippen LogP contribution < -0.4 is 5.14 Å². The van der Waals surface area contributed by atoms with Gasteiger partial charge in [0.1, 0.15) is 0 Å². The van der Waals surface area contributed by atoms with Crippen LogP contribution >= 0.6 is 0 Å². The van der Waals surface area contributed by atoms with Crippen LogP contribution in [0, 0.1) is 0 Å². The van der Waals surface area contributed by atoms with Crippen LogP contribution in [0.3, 0.4) is 0 Å². The summed E-state index contributed by atoms with van der Waals surface area (Å²) in [6.45, 7) is 2.78. The molecule has 1 aliphatic rings. The molecule has 1 heterocycles. The third-order valence-electron chi connectivity index (χ3n) is 3.24. The number of primary sulfonamides is 1. The number of rotatable bonds is 2. The molecule has 0 saturated carbocycles. The normalized spacial score (nSPS) is 20.1. The number of amides is 1. The van der Waals surface area contributed by atoms with E-state index in [1.54, 1.807) is 0 Å². The minimum absolute atomic E-state index is 0.0218. The molecule has 2 rings (SSSR count). The van der Waals surface area contributed by atoms with E-state index >= 15 is 0 Å². The van der Waals surface area contributed by atoms with Crippen molar-refractivity contribution >= 4 is 15.9 Å². The van der Waals surface area contributed by atoms with Crippen LogP contribution in [0.1, 0.15) is 30.1 Å². The standard InChI is InChI=1S/C12H16N2O3S/c1-9-3-2-8-14(9)12(15)10-4-6-11(7-5-10)18(13,16)17/h4-7,9H,2-3,8H2,1H3,(H2,13,16,17). The number of carbonyl (C=O) groups is 1. The summed E-state index contributed by atoms with van der Waals surface area (Å²) in [5.41, 5.74) is 0.496. The molecule has 1 aromatic carbocycles. The zero-order valence-electron chi connectivity index (χ0n) is 10.2. The fourth-order valence-corrected chi connectivity index (χ4v) is 2.70. The summed E-state index contributed by atoms with van der Waals surface area (Å²) in [6.07, 6.45) is 2.03. The highest BCUT2D eigenvalue weighted by atomic mass is 32.2. The van der Waals surface area contributed by atoms with Gasteiger partial charge in [-0.3, -0.25) is 4.79 Å². The average Bonchev–Trinajstić information content (AvgIpc) is 2.73. The molecule has 1 atom stereocenters. The topological polar surface area (TPSA) is 80.5 Å². The van der Waals surface area contributed by atoms with E-state index in [2.05, 4.69) is 0 Å². The zero-order chi connectivity index (χ0) is 13.3. The van der Waals surface area contributed by atoms with Crippen molar-refractivity contribution < 1.29 is 13.2 Å². The summed E-state index contributed by atoms with van der Waals surface area (Å²) < 4.78 is 22.2. The SMILES string of the molecule is CC1CCCN1C(=O)c1ccc(S(N)(=O)=O)cc1. The maximum Gasteiger partial charge on any atom is 0.254 e. The van der Waals surface area contributed by atoms with Gasteiger partial charge in [-0.05, 0) is 44.0 Å². The van der Waals surface area contributed by atoms with E-state index in [4.69, 9.17) is 5.14 Å². The largest absolute Gasteiger partial charge is 0.336 e. The summed E-state index contributed by atoms with van der Waals surface area (Å²) in [7, 11) is -3.70. The highest BCUT2D eigenvalue weighted by molar-refractivity contribution is 7.89. The molecule has 98 valence electrons. The molecule has 0 bridgehead atoms. The Kier molecular flexibility index (Phi) is 3.41. The van der Waals surface area contributed by atoms with Gasteiger partial charge in [-0.15, -0.1) is 0 Å². The third-order valence-corrected chi connectivity index (χ3v) is 4.17. The van der Waals surface area contributed by atoms with Crippen molar-refractivity contribution in [2.24, 2.45) is 5.14 Å². The number of likely N-dealkylation sites (tertiary alicyclic amines) is 1. The Morgan fingerprint density at radius 2 is 1.94 bits per heavy atom. The second-order valence-electron chi connectivity index (χ2n) is 4.56. The number of sulfonamides is 1. The van der Waals surface area contributed by atoms with Gasteiger partial charge < -0.3 is 4.90 Å². The van der Waals surface area contributed by atoms with Crippen molar-refractivity contribution in [1.82, 2.24) is 4.90 Å². The molecule has 0 aromatic heterocycles. The minimum atomic E-state index is -3.70. The van der Waals surface area contributed by atoms with Crippen molar-refractivity contribution in [3.63, 3.8) is 0 Å². The molecule has 0 aliphatic carbocycles. The molecule has 1 aliphatic heterocycles. The summed E-state index contributed by atoms with van der Waals surface area (Å²) >= 11 is 0. The van der Waals surface area contributed by atoms with E-state index in [-0.39, 0.29) is 16.8 Å². The minimum Gasteiger partial charge on any atom is -0.336 e. The first kappa shape index (κ1) is 13.0. The second kappa shape index (κ2) is 4.70. The van der Waals surface area contributed by atoms with Gasteiger partial charge in [0.15, 0.2) is 0 Å². The molecule has 18 heavy (non-hydrogen) atoms. The molecule has 1 aromatic rings. The molecule has 1 saturated heterocycles. The Morgan fingerprint density at radius 1 is 1.33 bits per heavy atom. The number of nitrogens with two attached hydrogens (primary N) is 1. The van der Waals surface area contributed by atoms with Crippen LogP contribution in [0.15, 0.2) is 29.2 Å². The molecular formula is C12H16N2O3S. The van der Waals surface area contributed by atoms with E-state index in [9.17, 15) is 13.2 Å². The molecule has 1 fully saturated rings. The summed E-state index contributed by atoms with van der Waals surface area (Å²) in [4.78, 5) is 14.0. The smallest absolute Gasteiger partial charge is 0.254 e. The molecular weight excluding hydrogens is 252 g/mol. The highest BCUT2D eigenvalue weighted by Crippen LogP contribution is 2.20. The lowest BCUT2D eigenvalue weighted by molar-refractivity contribution is 0.0747. The fraction of sp³-hybridized carbons (Fsp3) is 0.417. The molecule has 5 nitrogen and oxygen atoms in total. The van der Waals surface area contributed by atoms with Gasteiger partial charge in [0, 0.05) is 18.2 Å². The first-order chi connectivity index (χ1) is 8.39. The Morgan fingerprint density at radius 3 is 2.39 bits per heavy atom. The molecule has 0 spiro atoms. The van der Waals surface area contributed by atoms with Crippen LogP contribution in [0.25, 0.3) is 0 Å². The zero-order valence-corrected chi connectivity index (χ0v) is 11.0. The first-order valence-corrected chi connectivity index (χ1v) is 7.38. The Bertz CT molecular complexity index is 551. The van der Waals surface area contributed by atoms with Gasteiger partial charge in [-0.2, -0.15) is 0 Å². The maximum absolute atomic E-state index is 12.2. The van der Waals surface area contributed by atoms with Gasteiger partial charge in [0.2, 0.25) is 10.0 Å². The van der Waals surface area contributed by atoms with E-state index < -0.39 is 10.0 Å². The lowest BCUT2D eigenvalue weighted by Gasteiger charge is -2.21.